The van der Waals surface area contributed by atoms with Crippen LogP contribution >= 0.6 is 39.0 Å². The molecule has 0 aromatic carbocycles. The molecule has 1 fully saturated rings. The molecule has 16 heavy (non-hydrogen) atoms. The van der Waals surface area contributed by atoms with E-state index in [2.05, 4.69) is 15.9 Å². The van der Waals surface area contributed by atoms with Crippen LogP contribution in [0, 0.1) is 0 Å². The molecule has 1 aromatic heterocycles. The molecule has 1 amide bonds. The monoisotopic (exact) mass is 321 g/mol. The summed E-state index contributed by atoms with van der Waals surface area (Å²) in [5, 5.41) is 8.97. The van der Waals surface area contributed by atoms with Crippen LogP contribution in [0.3, 0.4) is 0 Å². The summed E-state index contributed by atoms with van der Waals surface area (Å²) >= 11 is 6.06. The van der Waals surface area contributed by atoms with Gasteiger partial charge >= 0.3 is 5.97 Å². The van der Waals surface area contributed by atoms with E-state index in [-0.39, 0.29) is 5.91 Å². The zero-order chi connectivity index (χ0) is 11.7. The maximum Gasteiger partial charge on any atom is 0.327 e. The van der Waals surface area contributed by atoms with Gasteiger partial charge in [-0.05, 0) is 28.1 Å². The summed E-state index contributed by atoms with van der Waals surface area (Å²) in [6.07, 6.45) is 0. The molecule has 0 aliphatic carbocycles. The van der Waals surface area contributed by atoms with Crippen LogP contribution in [-0.4, -0.2) is 39.6 Å². The molecule has 0 bridgehead atoms. The number of aliphatic carboxylic acids is 1. The molecule has 1 aromatic rings. The fourth-order valence-electron chi connectivity index (χ4n) is 1.42. The molecule has 86 valence electrons. The molecule has 4 nitrogen and oxygen atoms in total. The second-order valence-electron chi connectivity index (χ2n) is 3.23. The number of carboxylic acid groups (broad SMARTS) is 1. The molecule has 0 unspecified atom stereocenters. The van der Waals surface area contributed by atoms with Crippen molar-refractivity contribution in [2.45, 2.75) is 6.04 Å². The van der Waals surface area contributed by atoms with Crippen LogP contribution in [0.4, 0.5) is 0 Å². The highest BCUT2D eigenvalue weighted by Crippen LogP contribution is 2.28. The van der Waals surface area contributed by atoms with Gasteiger partial charge in [-0.25, -0.2) is 4.79 Å². The molecule has 1 saturated heterocycles. The van der Waals surface area contributed by atoms with Gasteiger partial charge in [-0.3, -0.25) is 4.79 Å². The molecule has 1 atom stereocenters. The van der Waals surface area contributed by atoms with E-state index in [1.165, 1.54) is 28.0 Å². The average molecular weight is 322 g/mol. The summed E-state index contributed by atoms with van der Waals surface area (Å²) in [4.78, 5) is 24.9. The number of thiophene rings is 1. The highest BCUT2D eigenvalue weighted by molar-refractivity contribution is 9.11. The zero-order valence-corrected chi connectivity index (χ0v) is 11.3. The smallest absolute Gasteiger partial charge is 0.327 e. The Balaban J connectivity index is 2.18. The van der Waals surface area contributed by atoms with Crippen molar-refractivity contribution in [2.75, 3.05) is 11.6 Å². The van der Waals surface area contributed by atoms with Crippen molar-refractivity contribution in [1.29, 1.82) is 0 Å². The van der Waals surface area contributed by atoms with Gasteiger partial charge in [0.05, 0.1) is 14.5 Å². The van der Waals surface area contributed by atoms with E-state index in [1.54, 1.807) is 12.1 Å². The number of amides is 1. The molecule has 1 aliphatic rings. The number of carboxylic acids is 1. The number of carbonyl (C=O) groups excluding carboxylic acids is 1. The van der Waals surface area contributed by atoms with Crippen molar-refractivity contribution in [1.82, 2.24) is 4.90 Å². The van der Waals surface area contributed by atoms with Gasteiger partial charge in [0.2, 0.25) is 0 Å². The number of thioether (sulfide) groups is 1. The molecular formula is C9H8BrNO3S2. The third-order valence-electron chi connectivity index (χ3n) is 2.21. The van der Waals surface area contributed by atoms with Crippen LogP contribution in [0.5, 0.6) is 0 Å². The Kier molecular flexibility index (Phi) is 3.56. The maximum atomic E-state index is 12.0. The van der Waals surface area contributed by atoms with E-state index < -0.39 is 12.0 Å². The Morgan fingerprint density at radius 2 is 2.25 bits per heavy atom. The summed E-state index contributed by atoms with van der Waals surface area (Å²) in [6, 6.07) is 2.80. The van der Waals surface area contributed by atoms with Gasteiger partial charge in [0, 0.05) is 5.75 Å². The molecule has 0 saturated carbocycles. The van der Waals surface area contributed by atoms with Gasteiger partial charge in [0.15, 0.2) is 0 Å². The minimum atomic E-state index is -0.936. The predicted molar refractivity (Wildman–Crippen MR) is 66.9 cm³/mol. The van der Waals surface area contributed by atoms with E-state index in [1.807, 2.05) is 0 Å². The molecule has 2 heterocycles. The van der Waals surface area contributed by atoms with Crippen LogP contribution in [0.15, 0.2) is 15.9 Å². The molecular weight excluding hydrogens is 314 g/mol. The highest BCUT2D eigenvalue weighted by Gasteiger charge is 2.35. The second kappa shape index (κ2) is 4.77. The third-order valence-corrected chi connectivity index (χ3v) is 4.84. The first kappa shape index (κ1) is 11.9. The fourth-order valence-corrected chi connectivity index (χ4v) is 3.91. The van der Waals surface area contributed by atoms with Crippen LogP contribution in [0.2, 0.25) is 0 Å². The lowest BCUT2D eigenvalue weighted by Gasteiger charge is -2.19. The zero-order valence-electron chi connectivity index (χ0n) is 8.05. The Morgan fingerprint density at radius 3 is 2.81 bits per heavy atom. The first-order valence-corrected chi connectivity index (χ1v) is 7.23. The first-order valence-electron chi connectivity index (χ1n) is 4.46. The highest BCUT2D eigenvalue weighted by atomic mass is 79.9. The number of halogens is 1. The number of hydrogen-bond acceptors (Lipinski definition) is 4. The SMILES string of the molecule is O=C(O)[C@@H]1CSCN1C(=O)c1ccc(Br)s1. The van der Waals surface area contributed by atoms with Gasteiger partial charge in [0.1, 0.15) is 6.04 Å². The summed E-state index contributed by atoms with van der Waals surface area (Å²) in [5.41, 5.74) is 0. The Labute approximate surface area is 109 Å². The summed E-state index contributed by atoms with van der Waals surface area (Å²) in [5.74, 6) is -0.221. The van der Waals surface area contributed by atoms with Crippen molar-refractivity contribution in [3.05, 3.63) is 20.8 Å². The molecule has 2 rings (SSSR count). The van der Waals surface area contributed by atoms with Crippen molar-refractivity contribution < 1.29 is 14.7 Å². The van der Waals surface area contributed by atoms with E-state index in [0.29, 0.717) is 16.5 Å². The largest absolute Gasteiger partial charge is 0.480 e. The van der Waals surface area contributed by atoms with Gasteiger partial charge in [0.25, 0.3) is 5.91 Å². The van der Waals surface area contributed by atoms with Gasteiger partial charge < -0.3 is 10.0 Å². The van der Waals surface area contributed by atoms with Gasteiger partial charge in [-0.2, -0.15) is 0 Å². The maximum absolute atomic E-state index is 12.0. The molecule has 0 spiro atoms. The van der Waals surface area contributed by atoms with Crippen LogP contribution in [0.25, 0.3) is 0 Å². The molecule has 1 N–H and O–H groups in total. The second-order valence-corrected chi connectivity index (χ2v) is 6.70. The lowest BCUT2D eigenvalue weighted by atomic mass is 10.3. The Hall–Kier alpha value is -0.530. The summed E-state index contributed by atoms with van der Waals surface area (Å²) in [7, 11) is 0. The third kappa shape index (κ3) is 2.26. The fraction of sp³-hybridized carbons (Fsp3) is 0.333. The van der Waals surface area contributed by atoms with Crippen molar-refractivity contribution in [3.63, 3.8) is 0 Å². The van der Waals surface area contributed by atoms with E-state index in [0.717, 1.165) is 3.79 Å². The normalized spacial score (nSPS) is 20.1. The summed E-state index contributed by atoms with van der Waals surface area (Å²) < 4.78 is 0.870. The van der Waals surface area contributed by atoms with Gasteiger partial charge in [-0.1, -0.05) is 0 Å². The molecule has 7 heteroatoms. The molecule has 0 radical (unpaired) electrons. The summed E-state index contributed by atoms with van der Waals surface area (Å²) in [6.45, 7) is 0. The number of hydrogen-bond donors (Lipinski definition) is 1. The van der Waals surface area contributed by atoms with E-state index in [9.17, 15) is 9.59 Å². The van der Waals surface area contributed by atoms with E-state index >= 15 is 0 Å². The number of rotatable bonds is 2. The number of carbonyl (C=O) groups is 2. The average Bonchev–Trinajstić information content (AvgIpc) is 2.84. The van der Waals surface area contributed by atoms with Crippen LogP contribution in [0.1, 0.15) is 9.67 Å². The van der Waals surface area contributed by atoms with Crippen LogP contribution < -0.4 is 0 Å². The first-order chi connectivity index (χ1) is 7.59. The van der Waals surface area contributed by atoms with Crippen molar-refractivity contribution in [2.24, 2.45) is 0 Å². The minimum Gasteiger partial charge on any atom is -0.480 e. The predicted octanol–water partition coefficient (Wildman–Crippen LogP) is 2.11. The topological polar surface area (TPSA) is 57.6 Å². The Bertz CT molecular complexity index is 434. The Morgan fingerprint density at radius 1 is 1.50 bits per heavy atom. The molecule has 1 aliphatic heterocycles. The van der Waals surface area contributed by atoms with Crippen molar-refractivity contribution >= 4 is 50.9 Å². The lowest BCUT2D eigenvalue weighted by molar-refractivity contribution is -0.140. The van der Waals surface area contributed by atoms with E-state index in [4.69, 9.17) is 5.11 Å². The van der Waals surface area contributed by atoms with Crippen LogP contribution in [-0.2, 0) is 4.79 Å². The number of nitrogens with zero attached hydrogens (tertiary/aromatic N) is 1. The lowest BCUT2D eigenvalue weighted by Crippen LogP contribution is -2.41. The minimum absolute atomic E-state index is 0.201. The quantitative estimate of drug-likeness (QED) is 0.906. The standard InChI is InChI=1S/C9H8BrNO3S2/c10-7-2-1-6(16-7)8(12)11-4-15-3-5(11)9(13)14/h1-2,5H,3-4H2,(H,13,14)/t5-/m0/s1. The van der Waals surface area contributed by atoms with Gasteiger partial charge in [-0.15, -0.1) is 23.1 Å². The van der Waals surface area contributed by atoms with Crippen molar-refractivity contribution in [3.8, 4) is 0 Å².